The molecular weight excluding hydrogens is 292 g/mol. The van der Waals surface area contributed by atoms with E-state index >= 15 is 0 Å². The van der Waals surface area contributed by atoms with E-state index in [1.54, 1.807) is 11.8 Å². The highest BCUT2D eigenvalue weighted by atomic mass is 32.2. The molecule has 1 saturated heterocycles. The average Bonchev–Trinajstić information content (AvgIpc) is 2.94. The van der Waals surface area contributed by atoms with Gasteiger partial charge in [0.1, 0.15) is 11.2 Å². The first-order valence-corrected chi connectivity index (χ1v) is 8.72. The highest BCUT2D eigenvalue weighted by Crippen LogP contribution is 2.34. The van der Waals surface area contributed by atoms with Gasteiger partial charge in [0.25, 0.3) is 0 Å². The predicted molar refractivity (Wildman–Crippen MR) is 91.5 cm³/mol. The monoisotopic (exact) mass is 314 g/mol. The first-order chi connectivity index (χ1) is 10.8. The molecule has 1 fully saturated rings. The van der Waals surface area contributed by atoms with Crippen LogP contribution in [0.3, 0.4) is 0 Å². The Morgan fingerprint density at radius 1 is 1.14 bits per heavy atom. The standard InChI is InChI=1S/C19H22O2S/c1-15-12-19(21-14-15)22-18-9-5-8-17(13-18)20-11-10-16-6-3-2-4-7-16/h2-9,13,15,19H,10-12,14H2,1H3/t15-,19?/m1/s1. The molecule has 3 heteroatoms. The van der Waals surface area contributed by atoms with E-state index in [9.17, 15) is 0 Å². The minimum absolute atomic E-state index is 0.287. The Morgan fingerprint density at radius 3 is 2.77 bits per heavy atom. The van der Waals surface area contributed by atoms with Crippen molar-refractivity contribution in [2.45, 2.75) is 30.1 Å². The molecule has 0 saturated carbocycles. The molecule has 22 heavy (non-hydrogen) atoms. The Morgan fingerprint density at radius 2 is 2.00 bits per heavy atom. The normalized spacial score (nSPS) is 21.0. The summed E-state index contributed by atoms with van der Waals surface area (Å²) in [5.41, 5.74) is 1.59. The van der Waals surface area contributed by atoms with Crippen molar-refractivity contribution >= 4 is 11.8 Å². The summed E-state index contributed by atoms with van der Waals surface area (Å²) >= 11 is 1.80. The third kappa shape index (κ3) is 4.52. The van der Waals surface area contributed by atoms with Crippen LogP contribution in [0.4, 0.5) is 0 Å². The molecule has 0 radical (unpaired) electrons. The maximum atomic E-state index is 5.88. The van der Waals surface area contributed by atoms with E-state index in [1.807, 2.05) is 12.1 Å². The largest absolute Gasteiger partial charge is 0.493 e. The van der Waals surface area contributed by atoms with Gasteiger partial charge in [-0.25, -0.2) is 0 Å². The second-order valence-electron chi connectivity index (χ2n) is 5.78. The van der Waals surface area contributed by atoms with Gasteiger partial charge in [0.15, 0.2) is 0 Å². The molecule has 0 bridgehead atoms. The average molecular weight is 314 g/mol. The van der Waals surface area contributed by atoms with E-state index < -0.39 is 0 Å². The third-order valence-corrected chi connectivity index (χ3v) is 4.85. The third-order valence-electron chi connectivity index (χ3n) is 3.74. The highest BCUT2D eigenvalue weighted by Gasteiger charge is 2.22. The second kappa shape index (κ2) is 7.70. The quantitative estimate of drug-likeness (QED) is 0.764. The Balaban J connectivity index is 1.50. The Labute approximate surface area is 136 Å². The first-order valence-electron chi connectivity index (χ1n) is 7.84. The summed E-state index contributed by atoms with van der Waals surface area (Å²) in [5, 5.41) is 0. The molecule has 0 spiro atoms. The fourth-order valence-electron chi connectivity index (χ4n) is 2.54. The summed E-state index contributed by atoms with van der Waals surface area (Å²) in [6.45, 7) is 3.82. The zero-order valence-corrected chi connectivity index (χ0v) is 13.7. The summed E-state index contributed by atoms with van der Waals surface area (Å²) in [5.74, 6) is 1.61. The molecule has 2 aromatic rings. The molecule has 0 N–H and O–H groups in total. The molecule has 0 aliphatic carbocycles. The molecule has 3 rings (SSSR count). The van der Waals surface area contributed by atoms with Crippen molar-refractivity contribution in [1.29, 1.82) is 0 Å². The van der Waals surface area contributed by atoms with Crippen LogP contribution in [0.5, 0.6) is 5.75 Å². The van der Waals surface area contributed by atoms with E-state index in [1.165, 1.54) is 10.5 Å². The Hall–Kier alpha value is -1.45. The summed E-state index contributed by atoms with van der Waals surface area (Å²) < 4.78 is 11.7. The highest BCUT2D eigenvalue weighted by molar-refractivity contribution is 7.99. The van der Waals surface area contributed by atoms with Gasteiger partial charge in [-0.2, -0.15) is 0 Å². The fraction of sp³-hybridized carbons (Fsp3) is 0.368. The summed E-state index contributed by atoms with van der Waals surface area (Å²) in [4.78, 5) is 1.22. The van der Waals surface area contributed by atoms with Crippen LogP contribution < -0.4 is 4.74 Å². The second-order valence-corrected chi connectivity index (χ2v) is 7.01. The zero-order chi connectivity index (χ0) is 15.2. The lowest BCUT2D eigenvalue weighted by atomic mass is 10.2. The predicted octanol–water partition coefficient (Wildman–Crippen LogP) is 4.78. The van der Waals surface area contributed by atoms with Gasteiger partial charge in [-0.1, -0.05) is 55.1 Å². The van der Waals surface area contributed by atoms with Crippen molar-refractivity contribution in [1.82, 2.24) is 0 Å². The van der Waals surface area contributed by atoms with Crippen molar-refractivity contribution in [2.75, 3.05) is 13.2 Å². The van der Waals surface area contributed by atoms with Crippen LogP contribution in [0.2, 0.25) is 0 Å². The van der Waals surface area contributed by atoms with Crippen molar-refractivity contribution < 1.29 is 9.47 Å². The van der Waals surface area contributed by atoms with E-state index in [0.29, 0.717) is 12.5 Å². The number of benzene rings is 2. The van der Waals surface area contributed by atoms with Gasteiger partial charge in [-0.15, -0.1) is 0 Å². The zero-order valence-electron chi connectivity index (χ0n) is 12.9. The Bertz CT molecular complexity index is 585. The van der Waals surface area contributed by atoms with Gasteiger partial charge in [-0.05, 0) is 36.1 Å². The summed E-state index contributed by atoms with van der Waals surface area (Å²) in [6, 6.07) is 18.7. The van der Waals surface area contributed by atoms with Crippen LogP contribution in [0.25, 0.3) is 0 Å². The van der Waals surface area contributed by atoms with Gasteiger partial charge in [-0.3, -0.25) is 0 Å². The van der Waals surface area contributed by atoms with Crippen LogP contribution in [-0.4, -0.2) is 18.6 Å². The van der Waals surface area contributed by atoms with Crippen molar-refractivity contribution in [3.05, 3.63) is 60.2 Å². The van der Waals surface area contributed by atoms with Crippen molar-refractivity contribution in [3.63, 3.8) is 0 Å². The number of ether oxygens (including phenoxy) is 2. The lowest BCUT2D eigenvalue weighted by Crippen LogP contribution is -2.01. The maximum Gasteiger partial charge on any atom is 0.120 e. The molecule has 116 valence electrons. The topological polar surface area (TPSA) is 18.5 Å². The first kappa shape index (κ1) is 15.4. The van der Waals surface area contributed by atoms with E-state index in [0.717, 1.165) is 25.2 Å². The number of thioether (sulfide) groups is 1. The molecular formula is C19H22O2S. The molecule has 2 aromatic carbocycles. The SMILES string of the molecule is C[C@H]1COC(Sc2cccc(OCCc3ccccc3)c2)C1. The molecule has 1 aliphatic rings. The lowest BCUT2D eigenvalue weighted by molar-refractivity contribution is 0.166. The minimum atomic E-state index is 0.287. The molecule has 2 nitrogen and oxygen atoms in total. The van der Waals surface area contributed by atoms with Gasteiger partial charge >= 0.3 is 0 Å². The maximum absolute atomic E-state index is 5.88. The molecule has 0 amide bonds. The van der Waals surface area contributed by atoms with E-state index in [2.05, 4.69) is 49.4 Å². The van der Waals surface area contributed by atoms with Crippen LogP contribution >= 0.6 is 11.8 Å². The number of hydrogen-bond acceptors (Lipinski definition) is 3. The van der Waals surface area contributed by atoms with Crippen LogP contribution in [0.15, 0.2) is 59.5 Å². The van der Waals surface area contributed by atoms with Gasteiger partial charge in [0.05, 0.1) is 13.2 Å². The van der Waals surface area contributed by atoms with Crippen LogP contribution in [0.1, 0.15) is 18.9 Å². The van der Waals surface area contributed by atoms with E-state index in [-0.39, 0.29) is 5.44 Å². The van der Waals surface area contributed by atoms with Gasteiger partial charge in [0.2, 0.25) is 0 Å². The number of rotatable bonds is 6. The minimum Gasteiger partial charge on any atom is -0.493 e. The fourth-order valence-corrected chi connectivity index (χ4v) is 3.76. The molecule has 1 aliphatic heterocycles. The molecule has 2 atom stereocenters. The Kier molecular flexibility index (Phi) is 5.41. The smallest absolute Gasteiger partial charge is 0.120 e. The molecule has 0 aromatic heterocycles. The van der Waals surface area contributed by atoms with Crippen LogP contribution in [0, 0.1) is 5.92 Å². The molecule has 1 heterocycles. The summed E-state index contributed by atoms with van der Waals surface area (Å²) in [7, 11) is 0. The lowest BCUT2D eigenvalue weighted by Gasteiger charge is -2.11. The number of hydrogen-bond donors (Lipinski definition) is 0. The van der Waals surface area contributed by atoms with E-state index in [4.69, 9.17) is 9.47 Å². The molecule has 1 unspecified atom stereocenters. The van der Waals surface area contributed by atoms with Crippen molar-refractivity contribution in [3.8, 4) is 5.75 Å². The van der Waals surface area contributed by atoms with Gasteiger partial charge < -0.3 is 9.47 Å². The van der Waals surface area contributed by atoms with Crippen LogP contribution in [-0.2, 0) is 11.2 Å². The van der Waals surface area contributed by atoms with Gasteiger partial charge in [0, 0.05) is 11.3 Å². The summed E-state index contributed by atoms with van der Waals surface area (Å²) in [6.07, 6.45) is 2.06. The van der Waals surface area contributed by atoms with Crippen molar-refractivity contribution in [2.24, 2.45) is 5.92 Å².